The first-order valence-electron chi connectivity index (χ1n) is 5.59. The molecule has 16 heavy (non-hydrogen) atoms. The number of amides is 1. The standard InChI is InChI=1S/C11H17N3O2/c1-13-8-9(10(12-13)16-2)11(15)14-6-4-3-5-7-14/h8H,3-7H2,1-2H3. The Hall–Kier alpha value is -1.52. The summed E-state index contributed by atoms with van der Waals surface area (Å²) in [6, 6.07) is 0. The Balaban J connectivity index is 2.18. The van der Waals surface area contributed by atoms with Gasteiger partial charge < -0.3 is 9.64 Å². The zero-order valence-corrected chi connectivity index (χ0v) is 9.77. The van der Waals surface area contributed by atoms with Crippen molar-refractivity contribution in [2.45, 2.75) is 19.3 Å². The van der Waals surface area contributed by atoms with Gasteiger partial charge >= 0.3 is 0 Å². The maximum Gasteiger partial charge on any atom is 0.260 e. The fourth-order valence-electron chi connectivity index (χ4n) is 2.03. The van der Waals surface area contributed by atoms with Crippen molar-refractivity contribution in [1.29, 1.82) is 0 Å². The lowest BCUT2D eigenvalue weighted by molar-refractivity contribution is 0.0721. The molecule has 1 aliphatic rings. The van der Waals surface area contributed by atoms with Gasteiger partial charge in [-0.05, 0) is 19.3 Å². The number of carbonyl (C=O) groups is 1. The van der Waals surface area contributed by atoms with Crippen LogP contribution in [0.5, 0.6) is 5.88 Å². The number of carbonyl (C=O) groups excluding carboxylic acids is 1. The van der Waals surface area contributed by atoms with Crippen LogP contribution in [-0.2, 0) is 7.05 Å². The topological polar surface area (TPSA) is 47.4 Å². The molecule has 0 aromatic carbocycles. The van der Waals surface area contributed by atoms with Crippen molar-refractivity contribution in [3.63, 3.8) is 0 Å². The summed E-state index contributed by atoms with van der Waals surface area (Å²) in [5, 5.41) is 4.09. The van der Waals surface area contributed by atoms with Crippen molar-refractivity contribution in [3.05, 3.63) is 11.8 Å². The Morgan fingerprint density at radius 3 is 2.69 bits per heavy atom. The fourth-order valence-corrected chi connectivity index (χ4v) is 2.03. The van der Waals surface area contributed by atoms with Crippen molar-refractivity contribution < 1.29 is 9.53 Å². The van der Waals surface area contributed by atoms with Gasteiger partial charge in [-0.15, -0.1) is 5.10 Å². The zero-order valence-electron chi connectivity index (χ0n) is 9.77. The van der Waals surface area contributed by atoms with E-state index in [9.17, 15) is 4.79 Å². The fraction of sp³-hybridized carbons (Fsp3) is 0.636. The first-order valence-corrected chi connectivity index (χ1v) is 5.59. The Kier molecular flexibility index (Phi) is 3.12. The Morgan fingerprint density at radius 2 is 2.06 bits per heavy atom. The molecule has 0 aliphatic carbocycles. The molecule has 1 aromatic heterocycles. The van der Waals surface area contributed by atoms with Crippen LogP contribution in [0.1, 0.15) is 29.6 Å². The number of nitrogens with zero attached hydrogens (tertiary/aromatic N) is 3. The third-order valence-electron chi connectivity index (χ3n) is 2.86. The van der Waals surface area contributed by atoms with E-state index in [4.69, 9.17) is 4.74 Å². The van der Waals surface area contributed by atoms with Crippen molar-refractivity contribution in [2.75, 3.05) is 20.2 Å². The van der Waals surface area contributed by atoms with Gasteiger partial charge in [0.1, 0.15) is 5.56 Å². The molecule has 0 spiro atoms. The van der Waals surface area contributed by atoms with Crippen LogP contribution in [0.2, 0.25) is 0 Å². The molecule has 1 aliphatic heterocycles. The molecule has 0 radical (unpaired) electrons. The van der Waals surface area contributed by atoms with Crippen LogP contribution in [0.4, 0.5) is 0 Å². The second kappa shape index (κ2) is 4.55. The van der Waals surface area contributed by atoms with E-state index in [-0.39, 0.29) is 5.91 Å². The number of hydrogen-bond donors (Lipinski definition) is 0. The number of hydrogen-bond acceptors (Lipinski definition) is 3. The molecule has 1 saturated heterocycles. The normalized spacial score (nSPS) is 16.2. The number of methoxy groups -OCH3 is 1. The summed E-state index contributed by atoms with van der Waals surface area (Å²) in [6.45, 7) is 1.69. The summed E-state index contributed by atoms with van der Waals surface area (Å²) in [6.07, 6.45) is 5.12. The van der Waals surface area contributed by atoms with Crippen LogP contribution in [0.15, 0.2) is 6.20 Å². The van der Waals surface area contributed by atoms with Crippen LogP contribution >= 0.6 is 0 Å². The van der Waals surface area contributed by atoms with Crippen LogP contribution < -0.4 is 4.74 Å². The van der Waals surface area contributed by atoms with Gasteiger partial charge in [0.05, 0.1) is 7.11 Å². The van der Waals surface area contributed by atoms with Gasteiger partial charge in [-0.1, -0.05) is 0 Å². The number of ether oxygens (including phenoxy) is 1. The highest BCUT2D eigenvalue weighted by Crippen LogP contribution is 2.19. The molecule has 2 heterocycles. The van der Waals surface area contributed by atoms with Crippen molar-refractivity contribution in [2.24, 2.45) is 7.05 Å². The van der Waals surface area contributed by atoms with E-state index in [1.54, 1.807) is 17.9 Å². The average molecular weight is 223 g/mol. The minimum Gasteiger partial charge on any atom is -0.479 e. The SMILES string of the molecule is COc1nn(C)cc1C(=O)N1CCCCC1. The van der Waals surface area contributed by atoms with Crippen molar-refractivity contribution in [3.8, 4) is 5.88 Å². The Labute approximate surface area is 95.0 Å². The summed E-state index contributed by atoms with van der Waals surface area (Å²) >= 11 is 0. The van der Waals surface area contributed by atoms with E-state index >= 15 is 0 Å². The van der Waals surface area contributed by atoms with Gasteiger partial charge in [-0.25, -0.2) is 0 Å². The number of aryl methyl sites for hydroxylation is 1. The van der Waals surface area contributed by atoms with Gasteiger partial charge in [0.25, 0.3) is 5.91 Å². The highest BCUT2D eigenvalue weighted by molar-refractivity contribution is 5.96. The second-order valence-corrected chi connectivity index (χ2v) is 4.08. The zero-order chi connectivity index (χ0) is 11.5. The van der Waals surface area contributed by atoms with E-state index < -0.39 is 0 Å². The molecule has 5 heteroatoms. The van der Waals surface area contributed by atoms with Crippen molar-refractivity contribution in [1.82, 2.24) is 14.7 Å². The lowest BCUT2D eigenvalue weighted by atomic mass is 10.1. The summed E-state index contributed by atoms with van der Waals surface area (Å²) in [4.78, 5) is 14.1. The third kappa shape index (κ3) is 2.03. The van der Waals surface area contributed by atoms with E-state index in [1.165, 1.54) is 13.5 Å². The van der Waals surface area contributed by atoms with E-state index in [1.807, 2.05) is 4.90 Å². The highest BCUT2D eigenvalue weighted by Gasteiger charge is 2.23. The van der Waals surface area contributed by atoms with E-state index in [0.29, 0.717) is 11.4 Å². The second-order valence-electron chi connectivity index (χ2n) is 4.08. The third-order valence-corrected chi connectivity index (χ3v) is 2.86. The molecule has 2 rings (SSSR count). The summed E-state index contributed by atoms with van der Waals surface area (Å²) in [5.41, 5.74) is 0.562. The predicted octanol–water partition coefficient (Wildman–Crippen LogP) is 1.05. The van der Waals surface area contributed by atoms with E-state index in [0.717, 1.165) is 25.9 Å². The molecule has 1 amide bonds. The summed E-state index contributed by atoms with van der Waals surface area (Å²) < 4.78 is 6.71. The molecule has 0 N–H and O–H groups in total. The van der Waals surface area contributed by atoms with Crippen LogP contribution in [0.3, 0.4) is 0 Å². The molecular formula is C11H17N3O2. The number of rotatable bonds is 2. The lowest BCUT2D eigenvalue weighted by Crippen LogP contribution is -2.35. The molecule has 1 aromatic rings. The molecule has 0 atom stereocenters. The number of piperidine rings is 1. The van der Waals surface area contributed by atoms with Crippen molar-refractivity contribution >= 4 is 5.91 Å². The molecule has 0 saturated carbocycles. The first-order chi connectivity index (χ1) is 7.72. The number of likely N-dealkylation sites (tertiary alicyclic amines) is 1. The van der Waals surface area contributed by atoms with Crippen LogP contribution in [0, 0.1) is 0 Å². The number of aromatic nitrogens is 2. The molecule has 5 nitrogen and oxygen atoms in total. The van der Waals surface area contributed by atoms with E-state index in [2.05, 4.69) is 5.10 Å². The maximum atomic E-state index is 12.2. The highest BCUT2D eigenvalue weighted by atomic mass is 16.5. The molecule has 88 valence electrons. The van der Waals surface area contributed by atoms with Crippen LogP contribution in [0.25, 0.3) is 0 Å². The largest absolute Gasteiger partial charge is 0.479 e. The average Bonchev–Trinajstić information content (AvgIpc) is 2.70. The first kappa shape index (κ1) is 11.0. The maximum absolute atomic E-state index is 12.2. The van der Waals surface area contributed by atoms with Gasteiger partial charge in [-0.3, -0.25) is 9.48 Å². The Morgan fingerprint density at radius 1 is 1.38 bits per heavy atom. The molecule has 0 unspecified atom stereocenters. The Bertz CT molecular complexity index is 381. The van der Waals surface area contributed by atoms with Crippen LogP contribution in [-0.4, -0.2) is 40.8 Å². The molecular weight excluding hydrogens is 206 g/mol. The minimum atomic E-state index is 0.0321. The lowest BCUT2D eigenvalue weighted by Gasteiger charge is -2.26. The monoisotopic (exact) mass is 223 g/mol. The molecule has 1 fully saturated rings. The summed E-state index contributed by atoms with van der Waals surface area (Å²) in [5.74, 6) is 0.447. The van der Waals surface area contributed by atoms with Gasteiger partial charge in [-0.2, -0.15) is 0 Å². The predicted molar refractivity (Wildman–Crippen MR) is 59.5 cm³/mol. The van der Waals surface area contributed by atoms with Gasteiger partial charge in [0.2, 0.25) is 5.88 Å². The summed E-state index contributed by atoms with van der Waals surface area (Å²) in [7, 11) is 3.32. The quantitative estimate of drug-likeness (QED) is 0.753. The minimum absolute atomic E-state index is 0.0321. The molecule has 0 bridgehead atoms. The van der Waals surface area contributed by atoms with Gasteiger partial charge in [0.15, 0.2) is 0 Å². The van der Waals surface area contributed by atoms with Gasteiger partial charge in [0, 0.05) is 26.3 Å². The smallest absolute Gasteiger partial charge is 0.260 e.